The second-order valence-electron chi connectivity index (χ2n) is 5.98. The first kappa shape index (κ1) is 18.2. The van der Waals surface area contributed by atoms with Crippen molar-refractivity contribution in [1.82, 2.24) is 0 Å². The van der Waals surface area contributed by atoms with E-state index in [9.17, 15) is 9.18 Å². The molecular formula is C22H17FN2O2. The van der Waals surface area contributed by atoms with Crippen LogP contribution in [0.1, 0.15) is 34.5 Å². The molecule has 0 saturated heterocycles. The monoisotopic (exact) mass is 360 g/mol. The van der Waals surface area contributed by atoms with Gasteiger partial charge >= 0.3 is 0 Å². The van der Waals surface area contributed by atoms with Crippen LogP contribution < -0.4 is 10.1 Å². The van der Waals surface area contributed by atoms with Crippen LogP contribution in [0.15, 0.2) is 72.8 Å². The SMILES string of the molecule is C[C@H](Oc1cccc(C(=O)Nc2ccc(C#N)cc2)c1)c1ccc(F)cc1. The molecule has 3 rings (SSSR count). The van der Waals surface area contributed by atoms with Crippen LogP contribution >= 0.6 is 0 Å². The van der Waals surface area contributed by atoms with Gasteiger partial charge in [-0.15, -0.1) is 0 Å². The minimum absolute atomic E-state index is 0.278. The third-order valence-electron chi connectivity index (χ3n) is 4.02. The standard InChI is InChI=1S/C22H17FN2O2/c1-15(17-7-9-19(23)10-8-17)27-21-4-2-3-18(13-21)22(26)25-20-11-5-16(14-24)6-12-20/h2-13,15H,1H3,(H,25,26)/t15-/m0/s1. The number of benzene rings is 3. The Morgan fingerprint density at radius 1 is 1.07 bits per heavy atom. The number of hydrogen-bond donors (Lipinski definition) is 1. The van der Waals surface area contributed by atoms with E-state index in [1.165, 1.54) is 12.1 Å². The van der Waals surface area contributed by atoms with E-state index in [1.807, 2.05) is 13.0 Å². The van der Waals surface area contributed by atoms with Gasteiger partial charge in [-0.05, 0) is 67.1 Å². The van der Waals surface area contributed by atoms with Gasteiger partial charge in [-0.1, -0.05) is 18.2 Å². The number of nitrogens with zero attached hydrogens (tertiary/aromatic N) is 1. The number of anilines is 1. The van der Waals surface area contributed by atoms with Gasteiger partial charge in [-0.25, -0.2) is 4.39 Å². The van der Waals surface area contributed by atoms with Gasteiger partial charge in [0.15, 0.2) is 0 Å². The first-order valence-corrected chi connectivity index (χ1v) is 8.39. The maximum Gasteiger partial charge on any atom is 0.255 e. The second-order valence-corrected chi connectivity index (χ2v) is 5.98. The molecule has 1 amide bonds. The van der Waals surface area contributed by atoms with E-state index >= 15 is 0 Å². The molecule has 0 saturated carbocycles. The molecular weight excluding hydrogens is 343 g/mol. The first-order valence-electron chi connectivity index (χ1n) is 8.39. The van der Waals surface area contributed by atoms with Crippen molar-refractivity contribution in [1.29, 1.82) is 5.26 Å². The lowest BCUT2D eigenvalue weighted by Gasteiger charge is -2.16. The van der Waals surface area contributed by atoms with Gasteiger partial charge in [-0.3, -0.25) is 4.79 Å². The number of carbonyl (C=O) groups is 1. The number of nitrogens with one attached hydrogen (secondary N) is 1. The van der Waals surface area contributed by atoms with Gasteiger partial charge in [0.1, 0.15) is 17.7 Å². The van der Waals surface area contributed by atoms with Crippen molar-refractivity contribution in [3.8, 4) is 11.8 Å². The number of rotatable bonds is 5. The molecule has 0 aliphatic rings. The summed E-state index contributed by atoms with van der Waals surface area (Å²) < 4.78 is 18.9. The number of nitriles is 1. The average Bonchev–Trinajstić information content (AvgIpc) is 2.69. The van der Waals surface area contributed by atoms with Crippen LogP contribution in [0.3, 0.4) is 0 Å². The Morgan fingerprint density at radius 2 is 1.78 bits per heavy atom. The fourth-order valence-corrected chi connectivity index (χ4v) is 2.55. The zero-order valence-corrected chi connectivity index (χ0v) is 14.6. The first-order chi connectivity index (χ1) is 13.0. The van der Waals surface area contributed by atoms with E-state index in [0.717, 1.165) is 5.56 Å². The van der Waals surface area contributed by atoms with Gasteiger partial charge in [0.05, 0.1) is 11.6 Å². The Morgan fingerprint density at radius 3 is 2.44 bits per heavy atom. The van der Waals surface area contributed by atoms with E-state index in [1.54, 1.807) is 60.7 Å². The minimum Gasteiger partial charge on any atom is -0.486 e. The summed E-state index contributed by atoms with van der Waals surface area (Å²) in [5.41, 5.74) is 2.41. The smallest absolute Gasteiger partial charge is 0.255 e. The third-order valence-corrected chi connectivity index (χ3v) is 4.02. The maximum atomic E-state index is 13.0. The van der Waals surface area contributed by atoms with E-state index < -0.39 is 0 Å². The summed E-state index contributed by atoms with van der Waals surface area (Å²) >= 11 is 0. The molecule has 3 aromatic carbocycles. The molecule has 0 aliphatic carbocycles. The van der Waals surface area contributed by atoms with Crippen LogP contribution in [0.25, 0.3) is 0 Å². The molecule has 3 aromatic rings. The summed E-state index contributed by atoms with van der Waals surface area (Å²) in [7, 11) is 0. The Hall–Kier alpha value is -3.65. The summed E-state index contributed by atoms with van der Waals surface area (Å²) in [5.74, 6) is -0.0358. The van der Waals surface area contributed by atoms with Gasteiger partial charge in [0, 0.05) is 11.3 Å². The lowest BCUT2D eigenvalue weighted by atomic mass is 10.1. The van der Waals surface area contributed by atoms with E-state index in [-0.39, 0.29) is 17.8 Å². The normalized spacial score (nSPS) is 11.3. The molecule has 0 radical (unpaired) electrons. The highest BCUT2D eigenvalue weighted by molar-refractivity contribution is 6.04. The molecule has 4 nitrogen and oxygen atoms in total. The fraction of sp³-hybridized carbons (Fsp3) is 0.0909. The van der Waals surface area contributed by atoms with Crippen molar-refractivity contribution in [2.45, 2.75) is 13.0 Å². The quantitative estimate of drug-likeness (QED) is 0.689. The fourth-order valence-electron chi connectivity index (χ4n) is 2.55. The van der Waals surface area contributed by atoms with Crippen molar-refractivity contribution in [3.05, 3.63) is 95.3 Å². The number of carbonyl (C=O) groups excluding carboxylic acids is 1. The van der Waals surface area contributed by atoms with Gasteiger partial charge in [-0.2, -0.15) is 5.26 Å². The molecule has 0 aliphatic heterocycles. The summed E-state index contributed by atoms with van der Waals surface area (Å²) in [4.78, 5) is 12.4. The van der Waals surface area contributed by atoms with Crippen molar-refractivity contribution in [2.24, 2.45) is 0 Å². The number of ether oxygens (including phenoxy) is 1. The zero-order chi connectivity index (χ0) is 19.2. The molecule has 1 N–H and O–H groups in total. The summed E-state index contributed by atoms with van der Waals surface area (Å²) in [6.07, 6.45) is -0.289. The Kier molecular flexibility index (Phi) is 5.48. The molecule has 0 heterocycles. The maximum absolute atomic E-state index is 13.0. The highest BCUT2D eigenvalue weighted by atomic mass is 19.1. The number of hydrogen-bond acceptors (Lipinski definition) is 3. The van der Waals surface area contributed by atoms with E-state index in [4.69, 9.17) is 10.00 Å². The van der Waals surface area contributed by atoms with Crippen LogP contribution in [0.2, 0.25) is 0 Å². The Balaban J connectivity index is 1.69. The molecule has 0 fully saturated rings. The zero-order valence-electron chi connectivity index (χ0n) is 14.6. The third kappa shape index (κ3) is 4.71. The van der Waals surface area contributed by atoms with Crippen LogP contribution in [-0.2, 0) is 0 Å². The van der Waals surface area contributed by atoms with Crippen molar-refractivity contribution in [3.63, 3.8) is 0 Å². The molecule has 134 valence electrons. The van der Waals surface area contributed by atoms with Crippen LogP contribution in [0, 0.1) is 17.1 Å². The Bertz CT molecular complexity index is 976. The van der Waals surface area contributed by atoms with Gasteiger partial charge in [0.2, 0.25) is 0 Å². The van der Waals surface area contributed by atoms with E-state index in [0.29, 0.717) is 22.6 Å². The second kappa shape index (κ2) is 8.15. The topological polar surface area (TPSA) is 62.1 Å². The average molecular weight is 360 g/mol. The lowest BCUT2D eigenvalue weighted by molar-refractivity contribution is 0.102. The predicted molar refractivity (Wildman–Crippen MR) is 101 cm³/mol. The highest BCUT2D eigenvalue weighted by Crippen LogP contribution is 2.23. The molecule has 0 spiro atoms. The highest BCUT2D eigenvalue weighted by Gasteiger charge is 2.11. The Labute approximate surface area is 156 Å². The lowest BCUT2D eigenvalue weighted by Crippen LogP contribution is -2.12. The van der Waals surface area contributed by atoms with E-state index in [2.05, 4.69) is 5.32 Å². The molecule has 1 atom stereocenters. The number of halogens is 1. The summed E-state index contributed by atoms with van der Waals surface area (Å²) in [6.45, 7) is 1.86. The molecule has 0 unspecified atom stereocenters. The van der Waals surface area contributed by atoms with Crippen molar-refractivity contribution in [2.75, 3.05) is 5.32 Å². The molecule has 5 heteroatoms. The number of amides is 1. The molecule has 0 bridgehead atoms. The molecule has 27 heavy (non-hydrogen) atoms. The van der Waals surface area contributed by atoms with Crippen LogP contribution in [-0.4, -0.2) is 5.91 Å². The largest absolute Gasteiger partial charge is 0.486 e. The summed E-state index contributed by atoms with van der Waals surface area (Å²) in [5, 5.41) is 11.6. The van der Waals surface area contributed by atoms with Crippen molar-refractivity contribution < 1.29 is 13.9 Å². The van der Waals surface area contributed by atoms with Gasteiger partial charge in [0.25, 0.3) is 5.91 Å². The minimum atomic E-state index is -0.299. The van der Waals surface area contributed by atoms with Crippen molar-refractivity contribution >= 4 is 11.6 Å². The summed E-state index contributed by atoms with van der Waals surface area (Å²) in [6, 6.07) is 21.6. The van der Waals surface area contributed by atoms with Gasteiger partial charge < -0.3 is 10.1 Å². The molecule has 0 aromatic heterocycles. The predicted octanol–water partition coefficient (Wildman–Crippen LogP) is 5.09. The van der Waals surface area contributed by atoms with Crippen LogP contribution in [0.4, 0.5) is 10.1 Å². The van der Waals surface area contributed by atoms with Crippen LogP contribution in [0.5, 0.6) is 5.75 Å².